The van der Waals surface area contributed by atoms with Crippen LogP contribution in [-0.2, 0) is 6.54 Å². The largest absolute Gasteiger partial charge is 0.494 e. The highest BCUT2D eigenvalue weighted by Crippen LogP contribution is 2.18. The number of carboxylic acids is 1. The highest BCUT2D eigenvalue weighted by atomic mass is 19.1. The number of hydrogen-bond acceptors (Lipinski definition) is 4. The first kappa shape index (κ1) is 13.0. The minimum Gasteiger partial charge on any atom is -0.494 e. The molecule has 0 bridgehead atoms. The molecule has 1 heterocycles. The van der Waals surface area contributed by atoms with Gasteiger partial charge in [-0.05, 0) is 24.6 Å². The average molecular weight is 265 g/mol. The van der Waals surface area contributed by atoms with Crippen molar-refractivity contribution in [2.45, 2.75) is 13.5 Å². The van der Waals surface area contributed by atoms with Crippen LogP contribution in [0.15, 0.2) is 18.2 Å². The number of ether oxygens (including phenoxy) is 1. The van der Waals surface area contributed by atoms with Crippen LogP contribution >= 0.6 is 0 Å². The molecule has 0 saturated heterocycles. The number of aromatic nitrogens is 3. The smallest absolute Gasteiger partial charge is 0.356 e. The molecule has 0 aliphatic rings. The standard InChI is InChI=1S/C12H12FN3O3/c1-7-11(12(17)18)16(15-14-7)6-8-3-4-10(19-2)9(13)5-8/h3-5H,6H2,1-2H3,(H,17,18). The van der Waals surface area contributed by atoms with Crippen molar-refractivity contribution in [2.75, 3.05) is 7.11 Å². The molecule has 1 aromatic heterocycles. The number of carboxylic acid groups (broad SMARTS) is 1. The number of hydrogen-bond donors (Lipinski definition) is 1. The topological polar surface area (TPSA) is 77.2 Å². The Morgan fingerprint density at radius 2 is 2.26 bits per heavy atom. The van der Waals surface area contributed by atoms with Gasteiger partial charge in [0.25, 0.3) is 0 Å². The van der Waals surface area contributed by atoms with Crippen molar-refractivity contribution in [3.8, 4) is 5.75 Å². The molecule has 0 radical (unpaired) electrons. The van der Waals surface area contributed by atoms with Gasteiger partial charge in [0.1, 0.15) is 0 Å². The second kappa shape index (κ2) is 5.05. The van der Waals surface area contributed by atoms with E-state index in [-0.39, 0.29) is 18.0 Å². The fourth-order valence-electron chi connectivity index (χ4n) is 1.76. The van der Waals surface area contributed by atoms with Gasteiger partial charge >= 0.3 is 5.97 Å². The fraction of sp³-hybridized carbons (Fsp3) is 0.250. The molecule has 0 saturated carbocycles. The Bertz CT molecular complexity index is 625. The van der Waals surface area contributed by atoms with Crippen molar-refractivity contribution in [3.63, 3.8) is 0 Å². The van der Waals surface area contributed by atoms with E-state index in [2.05, 4.69) is 10.3 Å². The zero-order valence-electron chi connectivity index (χ0n) is 10.4. The molecule has 2 rings (SSSR count). The zero-order chi connectivity index (χ0) is 14.0. The first-order valence-electron chi connectivity index (χ1n) is 5.48. The predicted molar refractivity (Wildman–Crippen MR) is 63.8 cm³/mol. The summed E-state index contributed by atoms with van der Waals surface area (Å²) in [6.07, 6.45) is 0. The fourth-order valence-corrected chi connectivity index (χ4v) is 1.76. The quantitative estimate of drug-likeness (QED) is 0.906. The highest BCUT2D eigenvalue weighted by molar-refractivity contribution is 5.86. The van der Waals surface area contributed by atoms with Crippen LogP contribution in [0.5, 0.6) is 5.75 Å². The van der Waals surface area contributed by atoms with E-state index in [9.17, 15) is 9.18 Å². The average Bonchev–Trinajstić information content (AvgIpc) is 2.70. The lowest BCUT2D eigenvalue weighted by Gasteiger charge is -2.06. The van der Waals surface area contributed by atoms with Crippen molar-refractivity contribution in [1.82, 2.24) is 15.0 Å². The van der Waals surface area contributed by atoms with Crippen LogP contribution in [0.25, 0.3) is 0 Å². The van der Waals surface area contributed by atoms with Crippen molar-refractivity contribution in [1.29, 1.82) is 0 Å². The summed E-state index contributed by atoms with van der Waals surface area (Å²) in [5, 5.41) is 16.5. The second-order valence-electron chi connectivity index (χ2n) is 3.96. The molecule has 0 spiro atoms. The van der Waals surface area contributed by atoms with E-state index in [1.807, 2.05) is 0 Å². The Labute approximate surface area is 108 Å². The zero-order valence-corrected chi connectivity index (χ0v) is 10.4. The van der Waals surface area contributed by atoms with Crippen LogP contribution < -0.4 is 4.74 Å². The van der Waals surface area contributed by atoms with Crippen molar-refractivity contribution in [3.05, 3.63) is 41.0 Å². The summed E-state index contributed by atoms with van der Waals surface area (Å²) >= 11 is 0. The van der Waals surface area contributed by atoms with E-state index < -0.39 is 11.8 Å². The number of halogens is 1. The Hall–Kier alpha value is -2.44. The van der Waals surface area contributed by atoms with E-state index in [1.54, 1.807) is 13.0 Å². The second-order valence-corrected chi connectivity index (χ2v) is 3.96. The summed E-state index contributed by atoms with van der Waals surface area (Å²) < 4.78 is 19.6. The number of aromatic carboxylic acids is 1. The Kier molecular flexibility index (Phi) is 3.46. The molecule has 7 heteroatoms. The maximum Gasteiger partial charge on any atom is 0.356 e. The molecule has 2 aromatic rings. The van der Waals surface area contributed by atoms with Gasteiger partial charge in [-0.3, -0.25) is 0 Å². The number of methoxy groups -OCH3 is 1. The third kappa shape index (κ3) is 2.54. The van der Waals surface area contributed by atoms with Crippen molar-refractivity contribution >= 4 is 5.97 Å². The van der Waals surface area contributed by atoms with Gasteiger partial charge in [-0.25, -0.2) is 13.9 Å². The lowest BCUT2D eigenvalue weighted by molar-refractivity contribution is 0.0683. The SMILES string of the molecule is COc1ccc(Cn2nnc(C)c2C(=O)O)cc1F. The number of nitrogens with zero attached hydrogens (tertiary/aromatic N) is 3. The van der Waals surface area contributed by atoms with E-state index in [1.165, 1.54) is 23.9 Å². The lowest BCUT2D eigenvalue weighted by Crippen LogP contribution is -2.12. The number of carbonyl (C=O) groups is 1. The van der Waals surface area contributed by atoms with Crippen LogP contribution in [0, 0.1) is 12.7 Å². The van der Waals surface area contributed by atoms with E-state index >= 15 is 0 Å². The molecule has 1 aromatic carbocycles. The molecule has 100 valence electrons. The molecule has 0 aliphatic carbocycles. The Balaban J connectivity index is 2.31. The lowest BCUT2D eigenvalue weighted by atomic mass is 10.2. The number of benzene rings is 1. The summed E-state index contributed by atoms with van der Waals surface area (Å²) in [5.41, 5.74) is 0.892. The van der Waals surface area contributed by atoms with Crippen molar-refractivity contribution < 1.29 is 19.0 Å². The maximum atomic E-state index is 13.5. The molecular formula is C12H12FN3O3. The minimum atomic E-state index is -1.11. The van der Waals surface area contributed by atoms with E-state index in [0.717, 1.165) is 0 Å². The van der Waals surface area contributed by atoms with Gasteiger partial charge in [-0.15, -0.1) is 5.10 Å². The molecular weight excluding hydrogens is 253 g/mol. The molecule has 0 aliphatic heterocycles. The summed E-state index contributed by atoms with van der Waals surface area (Å²) in [6, 6.07) is 4.40. The Morgan fingerprint density at radius 1 is 1.53 bits per heavy atom. The van der Waals surface area contributed by atoms with Crippen LogP contribution in [-0.4, -0.2) is 33.2 Å². The van der Waals surface area contributed by atoms with Gasteiger partial charge in [0, 0.05) is 0 Å². The first-order valence-corrected chi connectivity index (χ1v) is 5.48. The number of rotatable bonds is 4. The molecule has 0 amide bonds. The monoisotopic (exact) mass is 265 g/mol. The molecule has 19 heavy (non-hydrogen) atoms. The summed E-state index contributed by atoms with van der Waals surface area (Å²) in [6.45, 7) is 1.69. The van der Waals surface area contributed by atoms with Gasteiger partial charge < -0.3 is 9.84 Å². The number of aryl methyl sites for hydroxylation is 1. The molecule has 6 nitrogen and oxygen atoms in total. The van der Waals surface area contributed by atoms with Gasteiger partial charge in [0.2, 0.25) is 0 Å². The third-order valence-corrected chi connectivity index (χ3v) is 2.65. The van der Waals surface area contributed by atoms with Crippen LogP contribution in [0.1, 0.15) is 21.7 Å². The molecule has 0 atom stereocenters. The summed E-state index contributed by atoms with van der Waals surface area (Å²) in [4.78, 5) is 11.1. The van der Waals surface area contributed by atoms with Crippen LogP contribution in [0.3, 0.4) is 0 Å². The maximum absolute atomic E-state index is 13.5. The third-order valence-electron chi connectivity index (χ3n) is 2.65. The molecule has 0 unspecified atom stereocenters. The summed E-state index contributed by atoms with van der Waals surface area (Å²) in [7, 11) is 1.38. The Morgan fingerprint density at radius 3 is 2.84 bits per heavy atom. The van der Waals surface area contributed by atoms with Crippen molar-refractivity contribution in [2.24, 2.45) is 0 Å². The molecule has 0 fully saturated rings. The van der Waals surface area contributed by atoms with Gasteiger partial charge in [-0.1, -0.05) is 11.3 Å². The highest BCUT2D eigenvalue weighted by Gasteiger charge is 2.17. The van der Waals surface area contributed by atoms with Gasteiger partial charge in [0.05, 0.1) is 19.3 Å². The van der Waals surface area contributed by atoms with Crippen LogP contribution in [0.2, 0.25) is 0 Å². The van der Waals surface area contributed by atoms with E-state index in [0.29, 0.717) is 11.3 Å². The van der Waals surface area contributed by atoms with Crippen LogP contribution in [0.4, 0.5) is 4.39 Å². The predicted octanol–water partition coefficient (Wildman–Crippen LogP) is 1.48. The van der Waals surface area contributed by atoms with E-state index in [4.69, 9.17) is 9.84 Å². The van der Waals surface area contributed by atoms with Gasteiger partial charge in [0.15, 0.2) is 17.3 Å². The minimum absolute atomic E-state index is 0.00349. The molecule has 1 N–H and O–H groups in total. The first-order chi connectivity index (χ1) is 9.02. The summed E-state index contributed by atoms with van der Waals surface area (Å²) in [5.74, 6) is -1.48. The normalized spacial score (nSPS) is 10.5. The van der Waals surface area contributed by atoms with Gasteiger partial charge in [-0.2, -0.15) is 0 Å².